The van der Waals surface area contributed by atoms with E-state index >= 15 is 0 Å². The number of hydrogen-bond donors (Lipinski definition) is 0. The third-order valence-electron chi connectivity index (χ3n) is 2.17. The van der Waals surface area contributed by atoms with Crippen molar-refractivity contribution < 1.29 is 9.53 Å². The van der Waals surface area contributed by atoms with E-state index in [0.717, 1.165) is 25.7 Å². The molecule has 82 valence electrons. The molecule has 0 aliphatic heterocycles. The molecule has 0 amide bonds. The highest BCUT2D eigenvalue weighted by Crippen LogP contribution is 2.06. The van der Waals surface area contributed by atoms with Gasteiger partial charge in [0.2, 0.25) is 0 Å². The lowest BCUT2D eigenvalue weighted by Crippen LogP contribution is -1.96. The van der Waals surface area contributed by atoms with Crippen molar-refractivity contribution in [3.63, 3.8) is 0 Å². The van der Waals surface area contributed by atoms with Gasteiger partial charge in [-0.25, -0.2) is 4.79 Å². The first kappa shape index (κ1) is 12.1. The fraction of sp³-hybridized carbons (Fsp3) is 0.417. The van der Waals surface area contributed by atoms with Gasteiger partial charge in [-0.2, -0.15) is 0 Å². The Bertz CT molecular complexity index is 285. The van der Waals surface area contributed by atoms with Gasteiger partial charge in [0.1, 0.15) is 0 Å². The van der Waals surface area contributed by atoms with Crippen molar-refractivity contribution in [1.82, 2.24) is 0 Å². The zero-order valence-electron chi connectivity index (χ0n) is 8.62. The number of halogens is 1. The highest BCUT2D eigenvalue weighted by molar-refractivity contribution is 6.61. The molecule has 0 aromatic heterocycles. The molecule has 1 rings (SSSR count). The minimum absolute atomic E-state index is 0.428. The molecule has 2 nitrogen and oxygen atoms in total. The quantitative estimate of drug-likeness (QED) is 0.545. The number of benzene rings is 1. The summed E-state index contributed by atoms with van der Waals surface area (Å²) < 4.78 is 4.62. The van der Waals surface area contributed by atoms with Crippen LogP contribution in [0.4, 0.5) is 4.79 Å². The smallest absolute Gasteiger partial charge is 0.403 e. The summed E-state index contributed by atoms with van der Waals surface area (Å²) >= 11 is 5.03. The number of hydrogen-bond acceptors (Lipinski definition) is 2. The van der Waals surface area contributed by atoms with Crippen LogP contribution in [0.1, 0.15) is 24.8 Å². The second kappa shape index (κ2) is 7.30. The Hall–Kier alpha value is -1.02. The Morgan fingerprint density at radius 2 is 1.87 bits per heavy atom. The maximum absolute atomic E-state index is 10.2. The number of ether oxygens (including phenoxy) is 1. The van der Waals surface area contributed by atoms with Crippen molar-refractivity contribution >= 4 is 17.0 Å². The third-order valence-corrected chi connectivity index (χ3v) is 2.28. The van der Waals surface area contributed by atoms with Gasteiger partial charge in [-0.15, -0.1) is 0 Å². The Labute approximate surface area is 95.2 Å². The van der Waals surface area contributed by atoms with E-state index in [2.05, 4.69) is 16.9 Å². The molecule has 15 heavy (non-hydrogen) atoms. The van der Waals surface area contributed by atoms with E-state index in [-0.39, 0.29) is 0 Å². The molecular weight excluding hydrogens is 212 g/mol. The third kappa shape index (κ3) is 6.13. The molecule has 3 heteroatoms. The number of unbranched alkanes of at least 4 members (excludes halogenated alkanes) is 2. The van der Waals surface area contributed by atoms with Crippen LogP contribution in [0.5, 0.6) is 0 Å². The van der Waals surface area contributed by atoms with Crippen LogP contribution in [0.25, 0.3) is 0 Å². The van der Waals surface area contributed by atoms with Crippen molar-refractivity contribution in [1.29, 1.82) is 0 Å². The van der Waals surface area contributed by atoms with E-state index in [4.69, 9.17) is 11.6 Å². The van der Waals surface area contributed by atoms with Gasteiger partial charge in [-0.05, 0) is 31.2 Å². The van der Waals surface area contributed by atoms with Crippen LogP contribution in [-0.2, 0) is 11.2 Å². The molecule has 0 fully saturated rings. The summed E-state index contributed by atoms with van der Waals surface area (Å²) in [7, 11) is 0. The molecular formula is C12H15ClO2. The summed E-state index contributed by atoms with van der Waals surface area (Å²) in [6.45, 7) is 0.428. The maximum atomic E-state index is 10.2. The predicted molar refractivity (Wildman–Crippen MR) is 61.2 cm³/mol. The van der Waals surface area contributed by atoms with Gasteiger partial charge in [-0.3, -0.25) is 0 Å². The number of rotatable bonds is 6. The molecule has 0 aliphatic rings. The summed E-state index contributed by atoms with van der Waals surface area (Å²) in [4.78, 5) is 10.2. The van der Waals surface area contributed by atoms with Crippen LogP contribution < -0.4 is 0 Å². The van der Waals surface area contributed by atoms with Gasteiger partial charge in [0.15, 0.2) is 0 Å². The fourth-order valence-corrected chi connectivity index (χ4v) is 1.48. The van der Waals surface area contributed by atoms with Crippen LogP contribution in [0.15, 0.2) is 30.3 Å². The van der Waals surface area contributed by atoms with Gasteiger partial charge in [0.25, 0.3) is 0 Å². The van der Waals surface area contributed by atoms with Crippen molar-refractivity contribution in [3.8, 4) is 0 Å². The fourth-order valence-electron chi connectivity index (χ4n) is 1.41. The summed E-state index contributed by atoms with van der Waals surface area (Å²) in [5.74, 6) is 0. The molecule has 0 N–H and O–H groups in total. The minimum Gasteiger partial charge on any atom is -0.454 e. The van der Waals surface area contributed by atoms with E-state index in [1.54, 1.807) is 0 Å². The molecule has 1 aromatic carbocycles. The second-order valence-corrected chi connectivity index (χ2v) is 3.69. The maximum Gasteiger partial charge on any atom is 0.403 e. The highest BCUT2D eigenvalue weighted by Gasteiger charge is 1.96. The Kier molecular flexibility index (Phi) is 5.86. The molecule has 0 radical (unpaired) electrons. The second-order valence-electron chi connectivity index (χ2n) is 3.38. The topological polar surface area (TPSA) is 26.3 Å². The monoisotopic (exact) mass is 226 g/mol. The zero-order chi connectivity index (χ0) is 10.9. The van der Waals surface area contributed by atoms with Gasteiger partial charge in [0.05, 0.1) is 6.61 Å². The molecule has 0 bridgehead atoms. The van der Waals surface area contributed by atoms with Crippen LogP contribution in [0, 0.1) is 0 Å². The van der Waals surface area contributed by atoms with E-state index in [0.29, 0.717) is 6.61 Å². The molecule has 0 unspecified atom stereocenters. The SMILES string of the molecule is O=C(Cl)OCCCCCc1ccccc1. The average molecular weight is 227 g/mol. The van der Waals surface area contributed by atoms with Gasteiger partial charge < -0.3 is 4.74 Å². The normalized spacial score (nSPS) is 9.93. The van der Waals surface area contributed by atoms with E-state index in [1.807, 2.05) is 18.2 Å². The molecule has 0 aliphatic carbocycles. The van der Waals surface area contributed by atoms with Crippen molar-refractivity contribution in [2.75, 3.05) is 6.61 Å². The van der Waals surface area contributed by atoms with Gasteiger partial charge in [-0.1, -0.05) is 30.3 Å². The van der Waals surface area contributed by atoms with E-state index in [9.17, 15) is 4.79 Å². The standard InChI is InChI=1S/C12H15ClO2/c13-12(14)15-10-6-2-5-9-11-7-3-1-4-8-11/h1,3-4,7-8H,2,5-6,9-10H2. The minimum atomic E-state index is -0.710. The highest BCUT2D eigenvalue weighted by atomic mass is 35.5. The molecule has 0 atom stereocenters. The number of carbonyl (C=O) groups excluding carboxylic acids is 1. The summed E-state index contributed by atoms with van der Waals surface area (Å²) in [6.07, 6.45) is 4.13. The lowest BCUT2D eigenvalue weighted by atomic mass is 10.1. The van der Waals surface area contributed by atoms with Gasteiger partial charge >= 0.3 is 5.43 Å². The summed E-state index contributed by atoms with van der Waals surface area (Å²) in [5.41, 5.74) is 0.643. The van der Waals surface area contributed by atoms with Crippen molar-refractivity contribution in [2.45, 2.75) is 25.7 Å². The molecule has 0 heterocycles. The van der Waals surface area contributed by atoms with Crippen LogP contribution in [-0.4, -0.2) is 12.0 Å². The molecule has 0 saturated carbocycles. The molecule has 0 spiro atoms. The van der Waals surface area contributed by atoms with Crippen LogP contribution in [0.3, 0.4) is 0 Å². The van der Waals surface area contributed by atoms with Crippen molar-refractivity contribution in [2.24, 2.45) is 0 Å². The predicted octanol–water partition coefficient (Wildman–Crippen LogP) is 3.77. The average Bonchev–Trinajstić information content (AvgIpc) is 2.24. The lowest BCUT2D eigenvalue weighted by Gasteiger charge is -2.01. The van der Waals surface area contributed by atoms with Crippen molar-refractivity contribution in [3.05, 3.63) is 35.9 Å². The van der Waals surface area contributed by atoms with Crippen LogP contribution in [0.2, 0.25) is 0 Å². The first-order chi connectivity index (χ1) is 7.29. The lowest BCUT2D eigenvalue weighted by molar-refractivity contribution is 0.171. The summed E-state index contributed by atoms with van der Waals surface area (Å²) in [6, 6.07) is 10.4. The Balaban J connectivity index is 2.00. The number of aryl methyl sites for hydroxylation is 1. The Morgan fingerprint density at radius 1 is 1.13 bits per heavy atom. The molecule has 0 saturated heterocycles. The molecule has 1 aromatic rings. The largest absolute Gasteiger partial charge is 0.454 e. The van der Waals surface area contributed by atoms with Crippen LogP contribution >= 0.6 is 11.6 Å². The zero-order valence-corrected chi connectivity index (χ0v) is 9.37. The van der Waals surface area contributed by atoms with Gasteiger partial charge in [0, 0.05) is 11.6 Å². The Morgan fingerprint density at radius 3 is 2.53 bits per heavy atom. The first-order valence-corrected chi connectivity index (χ1v) is 5.53. The van der Waals surface area contributed by atoms with E-state index in [1.165, 1.54) is 5.56 Å². The summed E-state index contributed by atoms with van der Waals surface area (Å²) in [5, 5.41) is 0. The number of carbonyl (C=O) groups is 1. The van der Waals surface area contributed by atoms with E-state index < -0.39 is 5.43 Å². The first-order valence-electron chi connectivity index (χ1n) is 5.15.